The molecule has 0 saturated heterocycles. The van der Waals surface area contributed by atoms with E-state index in [4.69, 9.17) is 5.10 Å². The number of nitrogens with one attached hydrogen (secondary N) is 1. The van der Waals surface area contributed by atoms with Crippen LogP contribution in [-0.2, 0) is 7.05 Å². The predicted octanol–water partition coefficient (Wildman–Crippen LogP) is 3.98. The van der Waals surface area contributed by atoms with Gasteiger partial charge in [-0.15, -0.1) is 11.8 Å². The highest BCUT2D eigenvalue weighted by atomic mass is 79.9. The summed E-state index contributed by atoms with van der Waals surface area (Å²) in [5.41, 5.74) is 7.38. The van der Waals surface area contributed by atoms with Crippen molar-refractivity contribution in [2.24, 2.45) is 12.1 Å². The predicted molar refractivity (Wildman–Crippen MR) is 119 cm³/mol. The van der Waals surface area contributed by atoms with Crippen molar-refractivity contribution < 1.29 is 0 Å². The number of para-hydroxylation sites is 1. The van der Waals surface area contributed by atoms with Crippen molar-refractivity contribution in [2.75, 3.05) is 17.1 Å². The summed E-state index contributed by atoms with van der Waals surface area (Å²) in [4.78, 5) is 13.1. The Kier molecular flexibility index (Phi) is 5.32. The highest BCUT2D eigenvalue weighted by Gasteiger charge is 2.20. The van der Waals surface area contributed by atoms with Gasteiger partial charge in [-0.1, -0.05) is 46.3 Å². The Labute approximate surface area is 175 Å². The molecule has 0 saturated carbocycles. The van der Waals surface area contributed by atoms with Crippen LogP contribution in [0.25, 0.3) is 5.69 Å². The Morgan fingerprint density at radius 3 is 2.68 bits per heavy atom. The van der Waals surface area contributed by atoms with Gasteiger partial charge in [0, 0.05) is 17.3 Å². The van der Waals surface area contributed by atoms with Crippen molar-refractivity contribution in [3.63, 3.8) is 0 Å². The van der Waals surface area contributed by atoms with Crippen molar-refractivity contribution in [1.29, 1.82) is 0 Å². The number of nitrogens with zero attached hydrogens (tertiary/aromatic N) is 4. The van der Waals surface area contributed by atoms with Crippen LogP contribution in [0.1, 0.15) is 11.3 Å². The van der Waals surface area contributed by atoms with Crippen molar-refractivity contribution in [2.45, 2.75) is 6.92 Å². The van der Waals surface area contributed by atoms with E-state index in [2.05, 4.69) is 27.4 Å². The summed E-state index contributed by atoms with van der Waals surface area (Å²) in [6.07, 6.45) is 0. The van der Waals surface area contributed by atoms with Gasteiger partial charge in [0.25, 0.3) is 5.56 Å². The average Bonchev–Trinajstić information content (AvgIpc) is 2.92. The molecule has 1 aliphatic heterocycles. The van der Waals surface area contributed by atoms with E-state index in [1.54, 1.807) is 21.6 Å². The standard InChI is InChI=1S/C20H20BrN5OS/c1-14-19(20(27)26(24(14)2)17-9-4-3-5-10-17)23-25-13-28-12-18(22-25)15-7-6-8-16(21)11-15/h3-11,23H,12-13H2,1-2H3. The van der Waals surface area contributed by atoms with Crippen LogP contribution >= 0.6 is 27.7 Å². The monoisotopic (exact) mass is 457 g/mol. The molecule has 6 nitrogen and oxygen atoms in total. The molecule has 1 N–H and O–H groups in total. The smallest absolute Gasteiger partial charge is 0.283 e. The minimum absolute atomic E-state index is 0.0963. The molecule has 3 aromatic rings. The lowest BCUT2D eigenvalue weighted by Crippen LogP contribution is -2.33. The molecule has 1 aromatic heterocycles. The third-order valence-electron chi connectivity index (χ3n) is 4.65. The quantitative estimate of drug-likeness (QED) is 0.643. The van der Waals surface area contributed by atoms with E-state index in [1.165, 1.54) is 0 Å². The summed E-state index contributed by atoms with van der Waals surface area (Å²) < 4.78 is 4.54. The number of hydrogen-bond donors (Lipinski definition) is 1. The van der Waals surface area contributed by atoms with Gasteiger partial charge in [0.15, 0.2) is 0 Å². The molecule has 28 heavy (non-hydrogen) atoms. The Hall–Kier alpha value is -2.45. The van der Waals surface area contributed by atoms with Crippen molar-refractivity contribution in [1.82, 2.24) is 14.5 Å². The maximum atomic E-state index is 13.1. The molecule has 144 valence electrons. The third-order valence-corrected chi connectivity index (χ3v) is 6.04. The molecule has 0 bridgehead atoms. The molecule has 4 rings (SSSR count). The number of halogens is 1. The molecule has 0 spiro atoms. The molecule has 1 aliphatic rings. The van der Waals surface area contributed by atoms with Crippen molar-refractivity contribution >= 4 is 39.1 Å². The molecule has 0 fully saturated rings. The van der Waals surface area contributed by atoms with E-state index in [1.807, 2.05) is 67.2 Å². The summed E-state index contributed by atoms with van der Waals surface area (Å²) in [7, 11) is 1.88. The molecule has 0 aliphatic carbocycles. The number of thioether (sulfide) groups is 1. The summed E-state index contributed by atoms with van der Waals surface area (Å²) in [6, 6.07) is 17.7. The summed E-state index contributed by atoms with van der Waals surface area (Å²) in [5.74, 6) is 1.49. The Balaban J connectivity index is 1.66. The number of benzene rings is 2. The second-order valence-corrected chi connectivity index (χ2v) is 8.35. The van der Waals surface area contributed by atoms with Crippen LogP contribution in [0.4, 0.5) is 5.69 Å². The lowest BCUT2D eigenvalue weighted by atomic mass is 10.1. The minimum Gasteiger partial charge on any atom is -0.283 e. The van der Waals surface area contributed by atoms with Crippen LogP contribution < -0.4 is 11.0 Å². The van der Waals surface area contributed by atoms with E-state index >= 15 is 0 Å². The largest absolute Gasteiger partial charge is 0.296 e. The SMILES string of the molecule is Cc1c(NN2CSCC(c3cccc(Br)c3)=N2)c(=O)n(-c2ccccc2)n1C. The number of rotatable bonds is 4. The van der Waals surface area contributed by atoms with E-state index < -0.39 is 0 Å². The first-order valence-electron chi connectivity index (χ1n) is 8.84. The zero-order valence-electron chi connectivity index (χ0n) is 15.6. The van der Waals surface area contributed by atoms with Gasteiger partial charge in [-0.05, 0) is 36.8 Å². The fourth-order valence-corrected chi connectivity index (χ4v) is 4.33. The van der Waals surface area contributed by atoms with Gasteiger partial charge in [-0.2, -0.15) is 10.2 Å². The zero-order valence-corrected chi connectivity index (χ0v) is 18.0. The second kappa shape index (κ2) is 7.89. The summed E-state index contributed by atoms with van der Waals surface area (Å²) in [5, 5.41) is 6.46. The highest BCUT2D eigenvalue weighted by Crippen LogP contribution is 2.21. The number of aromatic nitrogens is 2. The topological polar surface area (TPSA) is 54.6 Å². The lowest BCUT2D eigenvalue weighted by Gasteiger charge is -2.25. The Morgan fingerprint density at radius 2 is 1.93 bits per heavy atom. The van der Waals surface area contributed by atoms with Gasteiger partial charge in [-0.3, -0.25) is 14.9 Å². The van der Waals surface area contributed by atoms with Gasteiger partial charge < -0.3 is 0 Å². The molecule has 0 atom stereocenters. The molecular weight excluding hydrogens is 438 g/mol. The molecule has 0 unspecified atom stereocenters. The lowest BCUT2D eigenvalue weighted by molar-refractivity contribution is 0.408. The van der Waals surface area contributed by atoms with Gasteiger partial charge in [0.05, 0.1) is 17.1 Å². The maximum absolute atomic E-state index is 13.1. The molecule has 0 radical (unpaired) electrons. The first-order valence-corrected chi connectivity index (χ1v) is 10.8. The van der Waals surface area contributed by atoms with Crippen molar-refractivity contribution in [3.8, 4) is 5.69 Å². The number of hydrogen-bond acceptors (Lipinski definition) is 5. The van der Waals surface area contributed by atoms with Crippen LogP contribution in [0.5, 0.6) is 0 Å². The Morgan fingerprint density at radius 1 is 1.14 bits per heavy atom. The van der Waals surface area contributed by atoms with Gasteiger partial charge in [0.1, 0.15) is 11.6 Å². The van der Waals surface area contributed by atoms with Crippen LogP contribution in [0, 0.1) is 6.92 Å². The first kappa shape index (κ1) is 18.9. The number of anilines is 1. The molecule has 2 heterocycles. The molecular formula is C20H20BrN5OS. The zero-order chi connectivity index (χ0) is 19.7. The summed E-state index contributed by atoms with van der Waals surface area (Å²) >= 11 is 5.26. The molecule has 2 aromatic carbocycles. The van der Waals surface area contributed by atoms with Crippen molar-refractivity contribution in [3.05, 3.63) is 80.7 Å². The minimum atomic E-state index is -0.0963. The van der Waals surface area contributed by atoms with Gasteiger partial charge >= 0.3 is 0 Å². The van der Waals surface area contributed by atoms with Crippen LogP contribution in [0.2, 0.25) is 0 Å². The average molecular weight is 458 g/mol. The fourth-order valence-electron chi connectivity index (χ4n) is 3.12. The number of hydrazine groups is 1. The van der Waals surface area contributed by atoms with E-state index in [0.29, 0.717) is 11.6 Å². The van der Waals surface area contributed by atoms with Crippen LogP contribution in [0.15, 0.2) is 69.0 Å². The normalized spacial score (nSPS) is 14.1. The van der Waals surface area contributed by atoms with E-state index in [0.717, 1.165) is 32.9 Å². The molecule has 8 heteroatoms. The van der Waals surface area contributed by atoms with E-state index in [9.17, 15) is 4.79 Å². The third kappa shape index (κ3) is 3.62. The van der Waals surface area contributed by atoms with Crippen LogP contribution in [-0.4, -0.2) is 31.8 Å². The summed E-state index contributed by atoms with van der Waals surface area (Å²) in [6.45, 7) is 1.93. The maximum Gasteiger partial charge on any atom is 0.296 e. The second-order valence-electron chi connectivity index (χ2n) is 6.48. The number of hydrazone groups is 1. The first-order chi connectivity index (χ1) is 13.5. The highest BCUT2D eigenvalue weighted by molar-refractivity contribution is 9.10. The fraction of sp³-hybridized carbons (Fsp3) is 0.200. The van der Waals surface area contributed by atoms with Crippen LogP contribution in [0.3, 0.4) is 0 Å². The van der Waals surface area contributed by atoms with Gasteiger partial charge in [0.2, 0.25) is 0 Å². The van der Waals surface area contributed by atoms with E-state index in [-0.39, 0.29) is 5.56 Å². The Bertz CT molecular complexity index is 1090. The van der Waals surface area contributed by atoms with Gasteiger partial charge in [-0.25, -0.2) is 4.68 Å². The molecule has 0 amide bonds.